The molecule has 4 nitrogen and oxygen atoms in total. The molecule has 0 radical (unpaired) electrons. The van der Waals surface area contributed by atoms with Crippen molar-refractivity contribution in [1.29, 1.82) is 0 Å². The average Bonchev–Trinajstić information content (AvgIpc) is 3.15. The van der Waals surface area contributed by atoms with Crippen LogP contribution in [0.15, 0.2) is 41.2 Å². The van der Waals surface area contributed by atoms with E-state index in [2.05, 4.69) is 5.32 Å². The van der Waals surface area contributed by atoms with Crippen LogP contribution in [-0.4, -0.2) is 16.5 Å². The predicted molar refractivity (Wildman–Crippen MR) is 98.8 cm³/mol. The normalized spacial score (nSPS) is 17.3. The summed E-state index contributed by atoms with van der Waals surface area (Å²) in [5.41, 5.74) is 3.33. The standard InChI is InChI=1S/C21H24N2O2/c24-19-14-17(15-8-2-1-3-9-15)20(18-12-6-7-13-23(18)19)21(25)22-16-10-4-5-11-16/h1-3,8-9,14,16H,4-7,10-13H2,(H,22,25). The van der Waals surface area contributed by atoms with Crippen molar-refractivity contribution in [3.05, 3.63) is 58.0 Å². The molecule has 2 aliphatic rings. The smallest absolute Gasteiger partial charge is 0.253 e. The summed E-state index contributed by atoms with van der Waals surface area (Å²) in [6, 6.07) is 11.7. The number of fused-ring (bicyclic) bond motifs is 1. The van der Waals surface area contributed by atoms with Crippen LogP contribution in [0.2, 0.25) is 0 Å². The maximum atomic E-state index is 13.2. The van der Waals surface area contributed by atoms with Crippen LogP contribution in [0.1, 0.15) is 54.6 Å². The zero-order valence-electron chi connectivity index (χ0n) is 14.5. The summed E-state index contributed by atoms with van der Waals surface area (Å²) < 4.78 is 1.81. The molecular formula is C21H24N2O2. The molecule has 4 heteroatoms. The zero-order chi connectivity index (χ0) is 17.2. The van der Waals surface area contributed by atoms with Crippen molar-refractivity contribution in [2.45, 2.75) is 57.5 Å². The summed E-state index contributed by atoms with van der Waals surface area (Å²) in [7, 11) is 0. The molecule has 0 spiro atoms. The van der Waals surface area contributed by atoms with Gasteiger partial charge < -0.3 is 9.88 Å². The van der Waals surface area contributed by atoms with Gasteiger partial charge in [0.05, 0.1) is 5.56 Å². The highest BCUT2D eigenvalue weighted by molar-refractivity contribution is 6.02. The van der Waals surface area contributed by atoms with Crippen LogP contribution in [0.5, 0.6) is 0 Å². The Morgan fingerprint density at radius 1 is 1.04 bits per heavy atom. The minimum absolute atomic E-state index is 0.00553. The fourth-order valence-electron chi connectivity index (χ4n) is 4.19. The number of carbonyl (C=O) groups excluding carboxylic acids is 1. The Bertz CT molecular complexity index is 833. The van der Waals surface area contributed by atoms with Gasteiger partial charge in [-0.15, -0.1) is 0 Å². The Kier molecular flexibility index (Phi) is 4.43. The topological polar surface area (TPSA) is 51.1 Å². The molecule has 0 saturated heterocycles. The van der Waals surface area contributed by atoms with E-state index < -0.39 is 0 Å². The van der Waals surface area contributed by atoms with Crippen LogP contribution in [0.4, 0.5) is 0 Å². The molecule has 1 fully saturated rings. The number of hydrogen-bond acceptors (Lipinski definition) is 2. The highest BCUT2D eigenvalue weighted by atomic mass is 16.2. The van der Waals surface area contributed by atoms with Crippen LogP contribution in [0.3, 0.4) is 0 Å². The van der Waals surface area contributed by atoms with Gasteiger partial charge in [-0.2, -0.15) is 0 Å². The van der Waals surface area contributed by atoms with Gasteiger partial charge in [-0.3, -0.25) is 9.59 Å². The third-order valence-corrected chi connectivity index (χ3v) is 5.47. The number of aromatic nitrogens is 1. The lowest BCUT2D eigenvalue weighted by molar-refractivity contribution is 0.0936. The van der Waals surface area contributed by atoms with Gasteiger partial charge in [0.1, 0.15) is 0 Å². The second kappa shape index (κ2) is 6.87. The Labute approximate surface area is 147 Å². The number of carbonyl (C=O) groups is 1. The molecule has 25 heavy (non-hydrogen) atoms. The summed E-state index contributed by atoms with van der Waals surface area (Å²) in [6.07, 6.45) is 7.31. The van der Waals surface area contributed by atoms with Crippen molar-refractivity contribution in [1.82, 2.24) is 9.88 Å². The van der Waals surface area contributed by atoms with E-state index in [4.69, 9.17) is 0 Å². The molecule has 2 heterocycles. The largest absolute Gasteiger partial charge is 0.349 e. The lowest BCUT2D eigenvalue weighted by atomic mass is 9.94. The second-order valence-corrected chi connectivity index (χ2v) is 7.15. The average molecular weight is 336 g/mol. The van der Waals surface area contributed by atoms with Gasteiger partial charge in [-0.1, -0.05) is 43.2 Å². The van der Waals surface area contributed by atoms with Crippen molar-refractivity contribution >= 4 is 5.91 Å². The molecule has 4 rings (SSSR count). The molecule has 2 aromatic rings. The number of nitrogens with one attached hydrogen (secondary N) is 1. The van der Waals surface area contributed by atoms with Crippen molar-refractivity contribution in [3.8, 4) is 11.1 Å². The van der Waals surface area contributed by atoms with E-state index in [0.717, 1.165) is 48.9 Å². The van der Waals surface area contributed by atoms with E-state index in [1.165, 1.54) is 12.8 Å². The van der Waals surface area contributed by atoms with Crippen molar-refractivity contribution in [3.63, 3.8) is 0 Å². The SMILES string of the molecule is O=C(NC1CCCC1)c1c(-c2ccccc2)cc(=O)n2c1CCCC2. The van der Waals surface area contributed by atoms with E-state index in [9.17, 15) is 9.59 Å². The zero-order valence-corrected chi connectivity index (χ0v) is 14.5. The molecule has 1 saturated carbocycles. The van der Waals surface area contributed by atoms with Crippen LogP contribution >= 0.6 is 0 Å². The van der Waals surface area contributed by atoms with E-state index >= 15 is 0 Å². The van der Waals surface area contributed by atoms with Gasteiger partial charge in [0.2, 0.25) is 0 Å². The first-order valence-electron chi connectivity index (χ1n) is 9.37. The summed E-state index contributed by atoms with van der Waals surface area (Å²) in [6.45, 7) is 0.715. The quantitative estimate of drug-likeness (QED) is 0.932. The van der Waals surface area contributed by atoms with Gasteiger partial charge in [0.25, 0.3) is 11.5 Å². The third-order valence-electron chi connectivity index (χ3n) is 5.47. The van der Waals surface area contributed by atoms with Crippen LogP contribution in [0, 0.1) is 0 Å². The Hall–Kier alpha value is -2.36. The fourth-order valence-corrected chi connectivity index (χ4v) is 4.19. The van der Waals surface area contributed by atoms with Crippen LogP contribution < -0.4 is 10.9 Å². The molecule has 1 aromatic carbocycles. The first kappa shape index (κ1) is 16.1. The van der Waals surface area contributed by atoms with Crippen molar-refractivity contribution in [2.75, 3.05) is 0 Å². The fraction of sp³-hybridized carbons (Fsp3) is 0.429. The molecular weight excluding hydrogens is 312 g/mol. The Morgan fingerprint density at radius 2 is 1.80 bits per heavy atom. The molecule has 130 valence electrons. The van der Waals surface area contributed by atoms with Gasteiger partial charge in [0, 0.05) is 29.9 Å². The van der Waals surface area contributed by atoms with Gasteiger partial charge in [0.15, 0.2) is 0 Å². The van der Waals surface area contributed by atoms with Crippen molar-refractivity contribution in [2.24, 2.45) is 0 Å². The van der Waals surface area contributed by atoms with Gasteiger partial charge in [-0.25, -0.2) is 0 Å². The number of hydrogen-bond donors (Lipinski definition) is 1. The highest BCUT2D eigenvalue weighted by Crippen LogP contribution is 2.28. The lowest BCUT2D eigenvalue weighted by Gasteiger charge is -2.24. The number of nitrogens with zero attached hydrogens (tertiary/aromatic N) is 1. The minimum Gasteiger partial charge on any atom is -0.349 e. The number of pyridine rings is 1. The Morgan fingerprint density at radius 3 is 2.56 bits per heavy atom. The molecule has 1 N–H and O–H groups in total. The maximum absolute atomic E-state index is 13.2. The Balaban J connectivity index is 1.84. The number of benzene rings is 1. The molecule has 0 unspecified atom stereocenters. The summed E-state index contributed by atoms with van der Waals surface area (Å²) >= 11 is 0. The van der Waals surface area contributed by atoms with Gasteiger partial charge in [-0.05, 0) is 37.7 Å². The first-order chi connectivity index (χ1) is 12.2. The van der Waals surface area contributed by atoms with E-state index in [1.54, 1.807) is 10.6 Å². The maximum Gasteiger partial charge on any atom is 0.253 e. The third kappa shape index (κ3) is 3.13. The monoisotopic (exact) mass is 336 g/mol. The first-order valence-corrected chi connectivity index (χ1v) is 9.37. The van der Waals surface area contributed by atoms with Crippen LogP contribution in [-0.2, 0) is 13.0 Å². The summed E-state index contributed by atoms with van der Waals surface area (Å²) in [4.78, 5) is 25.8. The second-order valence-electron chi connectivity index (χ2n) is 7.15. The number of amides is 1. The van der Waals surface area contributed by atoms with E-state index in [0.29, 0.717) is 12.1 Å². The lowest BCUT2D eigenvalue weighted by Crippen LogP contribution is -2.37. The number of rotatable bonds is 3. The van der Waals surface area contributed by atoms with Gasteiger partial charge >= 0.3 is 0 Å². The van der Waals surface area contributed by atoms with Crippen LogP contribution in [0.25, 0.3) is 11.1 Å². The van der Waals surface area contributed by atoms with E-state index in [-0.39, 0.29) is 17.5 Å². The predicted octanol–water partition coefficient (Wildman–Crippen LogP) is 3.52. The summed E-state index contributed by atoms with van der Waals surface area (Å²) in [5.74, 6) is -0.0172. The molecule has 1 aromatic heterocycles. The van der Waals surface area contributed by atoms with E-state index in [1.807, 2.05) is 30.3 Å². The molecule has 0 bridgehead atoms. The molecule has 1 aliphatic carbocycles. The molecule has 0 atom stereocenters. The highest BCUT2D eigenvalue weighted by Gasteiger charge is 2.26. The summed E-state index contributed by atoms with van der Waals surface area (Å²) in [5, 5.41) is 3.22. The van der Waals surface area contributed by atoms with Crippen molar-refractivity contribution < 1.29 is 4.79 Å². The molecule has 1 aliphatic heterocycles. The molecule has 1 amide bonds. The minimum atomic E-state index is -0.0172.